The number of benzene rings is 2. The molecule has 2 aromatic rings. The Balaban J connectivity index is 1.54. The van der Waals surface area contributed by atoms with Crippen LogP contribution >= 0.6 is 11.6 Å². The minimum absolute atomic E-state index is 0.0270. The number of nitrogens with one attached hydrogen (secondary N) is 1. The number of hydrogen-bond donors (Lipinski definition) is 1. The second-order valence-corrected chi connectivity index (χ2v) is 9.06. The average Bonchev–Trinajstić information content (AvgIpc) is 2.79. The van der Waals surface area contributed by atoms with E-state index in [1.54, 1.807) is 18.2 Å². The van der Waals surface area contributed by atoms with Crippen LogP contribution in [0.4, 0.5) is 0 Å². The SMILES string of the molecule is O=C1NCC2(CCCCCOc3ccccc31)CCCN(C(=O)c1ccccc1Cl)C2. The monoisotopic (exact) mass is 440 g/mol. The van der Waals surface area contributed by atoms with Gasteiger partial charge in [0.2, 0.25) is 0 Å². The van der Waals surface area contributed by atoms with Crippen molar-refractivity contribution in [2.45, 2.75) is 38.5 Å². The number of hydrogen-bond acceptors (Lipinski definition) is 3. The Labute approximate surface area is 188 Å². The standard InChI is InChI=1S/C25H29ClN2O3/c26-21-11-4-2-9-19(21)24(30)28-15-8-14-25(18-28)13-6-1-7-16-31-22-12-5-3-10-20(22)23(29)27-17-25/h2-5,9-12H,1,6-8,13-18H2,(H,27,29). The van der Waals surface area contributed by atoms with Crippen LogP contribution in [0.3, 0.4) is 0 Å². The van der Waals surface area contributed by atoms with Gasteiger partial charge in [-0.25, -0.2) is 0 Å². The number of piperidine rings is 1. The molecule has 2 aromatic carbocycles. The van der Waals surface area contributed by atoms with E-state index in [1.165, 1.54) is 0 Å². The number of likely N-dealkylation sites (tertiary alicyclic amines) is 1. The van der Waals surface area contributed by atoms with Crippen molar-refractivity contribution in [1.82, 2.24) is 10.2 Å². The lowest BCUT2D eigenvalue weighted by atomic mass is 9.75. The van der Waals surface area contributed by atoms with Crippen LogP contribution in [0.1, 0.15) is 59.2 Å². The summed E-state index contributed by atoms with van der Waals surface area (Å²) in [5.74, 6) is 0.486. The summed E-state index contributed by atoms with van der Waals surface area (Å²) in [6.45, 7) is 2.51. The van der Waals surface area contributed by atoms with Gasteiger partial charge in [-0.3, -0.25) is 9.59 Å². The predicted octanol–water partition coefficient (Wildman–Crippen LogP) is 4.95. The summed E-state index contributed by atoms with van der Waals surface area (Å²) in [7, 11) is 0. The molecule has 1 atom stereocenters. The fraction of sp³-hybridized carbons (Fsp3) is 0.440. The molecule has 0 bridgehead atoms. The van der Waals surface area contributed by atoms with E-state index in [-0.39, 0.29) is 17.2 Å². The summed E-state index contributed by atoms with van der Waals surface area (Å²) in [6.07, 6.45) is 5.96. The quantitative estimate of drug-likeness (QED) is 0.682. The maximum absolute atomic E-state index is 13.2. The molecule has 1 N–H and O–H groups in total. The maximum atomic E-state index is 13.2. The van der Waals surface area contributed by atoms with Gasteiger partial charge in [-0.15, -0.1) is 0 Å². The van der Waals surface area contributed by atoms with Crippen molar-refractivity contribution in [3.63, 3.8) is 0 Å². The third-order valence-corrected chi connectivity index (χ3v) is 6.75. The third-order valence-electron chi connectivity index (χ3n) is 6.42. The van der Waals surface area contributed by atoms with E-state index in [9.17, 15) is 9.59 Å². The average molecular weight is 441 g/mol. The Bertz CT molecular complexity index is 948. The summed E-state index contributed by atoms with van der Waals surface area (Å²) in [5, 5.41) is 3.63. The molecule has 0 saturated carbocycles. The van der Waals surface area contributed by atoms with Crippen molar-refractivity contribution >= 4 is 23.4 Å². The van der Waals surface area contributed by atoms with Crippen LogP contribution in [-0.4, -0.2) is 43.0 Å². The van der Waals surface area contributed by atoms with Crippen molar-refractivity contribution in [3.8, 4) is 5.75 Å². The molecule has 0 aliphatic carbocycles. The van der Waals surface area contributed by atoms with Gasteiger partial charge in [0.05, 0.1) is 22.8 Å². The minimum Gasteiger partial charge on any atom is -0.493 e. The lowest BCUT2D eigenvalue weighted by Gasteiger charge is -2.43. The van der Waals surface area contributed by atoms with E-state index >= 15 is 0 Å². The smallest absolute Gasteiger partial charge is 0.255 e. The Morgan fingerprint density at radius 2 is 1.77 bits per heavy atom. The first-order chi connectivity index (χ1) is 15.1. The molecule has 0 aromatic heterocycles. The molecule has 1 spiro atoms. The van der Waals surface area contributed by atoms with Gasteiger partial charge in [-0.2, -0.15) is 0 Å². The van der Waals surface area contributed by atoms with Gasteiger partial charge in [0.15, 0.2) is 0 Å². The highest BCUT2D eigenvalue weighted by atomic mass is 35.5. The molecular weight excluding hydrogens is 412 g/mol. The Morgan fingerprint density at radius 1 is 1.00 bits per heavy atom. The van der Waals surface area contributed by atoms with Crippen LogP contribution in [0.15, 0.2) is 48.5 Å². The molecule has 31 heavy (non-hydrogen) atoms. The van der Waals surface area contributed by atoms with Crippen LogP contribution in [-0.2, 0) is 0 Å². The van der Waals surface area contributed by atoms with E-state index in [2.05, 4.69) is 5.32 Å². The van der Waals surface area contributed by atoms with Crippen LogP contribution in [0.25, 0.3) is 0 Å². The number of halogens is 1. The minimum atomic E-state index is -0.125. The fourth-order valence-electron chi connectivity index (χ4n) is 4.73. The lowest BCUT2D eigenvalue weighted by molar-refractivity contribution is 0.0469. The molecule has 1 fully saturated rings. The van der Waals surface area contributed by atoms with Crippen molar-refractivity contribution < 1.29 is 14.3 Å². The molecule has 164 valence electrons. The zero-order valence-electron chi connectivity index (χ0n) is 17.7. The second kappa shape index (κ2) is 9.73. The third kappa shape index (κ3) is 5.04. The number of carbonyl (C=O) groups is 2. The summed E-state index contributed by atoms with van der Waals surface area (Å²) >= 11 is 6.29. The summed E-state index contributed by atoms with van der Waals surface area (Å²) < 4.78 is 5.85. The zero-order chi connectivity index (χ0) is 21.7. The predicted molar refractivity (Wildman–Crippen MR) is 122 cm³/mol. The molecule has 1 saturated heterocycles. The van der Waals surface area contributed by atoms with Crippen LogP contribution in [0.5, 0.6) is 5.75 Å². The summed E-state index contributed by atoms with van der Waals surface area (Å²) in [4.78, 5) is 28.0. The molecular formula is C25H29ClN2O3. The molecule has 2 heterocycles. The first-order valence-electron chi connectivity index (χ1n) is 11.1. The Kier molecular flexibility index (Phi) is 6.81. The zero-order valence-corrected chi connectivity index (χ0v) is 18.5. The van der Waals surface area contributed by atoms with E-state index in [4.69, 9.17) is 16.3 Å². The van der Waals surface area contributed by atoms with Crippen LogP contribution in [0, 0.1) is 5.41 Å². The van der Waals surface area contributed by atoms with Crippen molar-refractivity contribution in [3.05, 3.63) is 64.7 Å². The topological polar surface area (TPSA) is 58.6 Å². The molecule has 2 aliphatic heterocycles. The number of nitrogens with zero attached hydrogens (tertiary/aromatic N) is 1. The van der Waals surface area contributed by atoms with E-state index in [0.29, 0.717) is 41.6 Å². The maximum Gasteiger partial charge on any atom is 0.255 e. The number of amides is 2. The number of para-hydroxylation sites is 1. The first kappa shape index (κ1) is 21.7. The molecule has 1 unspecified atom stereocenters. The van der Waals surface area contributed by atoms with Crippen molar-refractivity contribution in [2.24, 2.45) is 5.41 Å². The van der Waals surface area contributed by atoms with Gasteiger partial charge < -0.3 is 15.0 Å². The number of ether oxygens (including phenoxy) is 1. The lowest BCUT2D eigenvalue weighted by Crippen LogP contribution is -2.51. The van der Waals surface area contributed by atoms with Gasteiger partial charge in [0.1, 0.15) is 5.75 Å². The molecule has 5 nitrogen and oxygen atoms in total. The first-order valence-corrected chi connectivity index (χ1v) is 11.5. The van der Waals surface area contributed by atoms with Crippen molar-refractivity contribution in [2.75, 3.05) is 26.2 Å². The molecule has 6 heteroatoms. The highest BCUT2D eigenvalue weighted by Gasteiger charge is 2.38. The van der Waals surface area contributed by atoms with E-state index in [1.807, 2.05) is 35.2 Å². The Morgan fingerprint density at radius 3 is 2.65 bits per heavy atom. The van der Waals surface area contributed by atoms with Gasteiger partial charge in [0.25, 0.3) is 11.8 Å². The Hall–Kier alpha value is -2.53. The summed E-state index contributed by atoms with van der Waals surface area (Å²) in [6, 6.07) is 14.6. The van der Waals surface area contributed by atoms with E-state index < -0.39 is 0 Å². The number of rotatable bonds is 1. The van der Waals surface area contributed by atoms with Gasteiger partial charge >= 0.3 is 0 Å². The largest absolute Gasteiger partial charge is 0.493 e. The molecule has 4 rings (SSSR count). The molecule has 0 radical (unpaired) electrons. The van der Waals surface area contributed by atoms with Gasteiger partial charge in [-0.1, -0.05) is 48.7 Å². The second-order valence-electron chi connectivity index (χ2n) is 8.65. The molecule has 2 aliphatic rings. The normalized spacial score (nSPS) is 22.5. The number of fused-ring (bicyclic) bond motifs is 1. The highest BCUT2D eigenvalue weighted by Crippen LogP contribution is 2.36. The van der Waals surface area contributed by atoms with E-state index in [0.717, 1.165) is 45.1 Å². The highest BCUT2D eigenvalue weighted by molar-refractivity contribution is 6.33. The fourth-order valence-corrected chi connectivity index (χ4v) is 4.94. The summed E-state index contributed by atoms with van der Waals surface area (Å²) in [5.41, 5.74) is 0.988. The van der Waals surface area contributed by atoms with Gasteiger partial charge in [-0.05, 0) is 49.9 Å². The number of carbonyl (C=O) groups excluding carboxylic acids is 2. The van der Waals surface area contributed by atoms with Gasteiger partial charge in [0, 0.05) is 25.0 Å². The molecule has 2 amide bonds. The van der Waals surface area contributed by atoms with Crippen LogP contribution in [0.2, 0.25) is 5.02 Å². The van der Waals surface area contributed by atoms with Crippen molar-refractivity contribution in [1.29, 1.82) is 0 Å². The van der Waals surface area contributed by atoms with Crippen LogP contribution < -0.4 is 10.1 Å².